The summed E-state index contributed by atoms with van der Waals surface area (Å²) in [6.45, 7) is 3.80. The Morgan fingerprint density at radius 2 is 2.45 bits per heavy atom. The first-order valence-corrected chi connectivity index (χ1v) is 3.39. The number of hydrogen-bond donors (Lipinski definition) is 1. The van der Waals surface area contributed by atoms with E-state index < -0.39 is 0 Å². The largest absolute Gasteiger partial charge is 0.474 e. The molecule has 1 rings (SSSR count). The first kappa shape index (κ1) is 7.78. The van der Waals surface area contributed by atoms with Crippen LogP contribution in [-0.2, 0) is 0 Å². The number of aldehydes is 1. The lowest BCUT2D eigenvalue weighted by molar-refractivity contribution is 0.111. The molecule has 0 atom stereocenters. The van der Waals surface area contributed by atoms with Gasteiger partial charge in [-0.1, -0.05) is 0 Å². The number of carbonyl (C=O) groups is 1. The van der Waals surface area contributed by atoms with Gasteiger partial charge in [-0.2, -0.15) is 0 Å². The quantitative estimate of drug-likeness (QED) is 0.661. The van der Waals surface area contributed by atoms with Crippen LogP contribution >= 0.6 is 0 Å². The fraction of sp³-hybridized carbons (Fsp3) is 0.429. The smallest absolute Gasteiger partial charge is 0.233 e. The van der Waals surface area contributed by atoms with Gasteiger partial charge in [-0.15, -0.1) is 5.10 Å². The first-order chi connectivity index (χ1) is 5.22. The van der Waals surface area contributed by atoms with Crippen molar-refractivity contribution in [2.45, 2.75) is 20.0 Å². The van der Waals surface area contributed by atoms with Crippen molar-refractivity contribution in [2.24, 2.45) is 0 Å². The molecule has 1 aromatic heterocycles. The highest BCUT2D eigenvalue weighted by Gasteiger charge is 2.01. The van der Waals surface area contributed by atoms with Crippen LogP contribution in [0.2, 0.25) is 0 Å². The Bertz CT molecular complexity index is 242. The molecule has 0 aliphatic rings. The number of H-pyrrole nitrogens is 1. The molecule has 0 saturated carbocycles. The van der Waals surface area contributed by atoms with Gasteiger partial charge in [-0.05, 0) is 13.8 Å². The van der Waals surface area contributed by atoms with Crippen molar-refractivity contribution in [1.82, 2.24) is 10.2 Å². The molecule has 11 heavy (non-hydrogen) atoms. The molecule has 0 bridgehead atoms. The van der Waals surface area contributed by atoms with Gasteiger partial charge in [-0.3, -0.25) is 9.89 Å². The lowest BCUT2D eigenvalue weighted by Crippen LogP contribution is -2.05. The molecule has 60 valence electrons. The SMILES string of the molecule is CC(C)Oc1cc(C=O)[nH]n1. The van der Waals surface area contributed by atoms with Crippen molar-refractivity contribution >= 4 is 6.29 Å². The van der Waals surface area contributed by atoms with E-state index >= 15 is 0 Å². The van der Waals surface area contributed by atoms with Gasteiger partial charge in [-0.25, -0.2) is 0 Å². The lowest BCUT2D eigenvalue weighted by atomic mass is 10.4. The Balaban J connectivity index is 2.65. The van der Waals surface area contributed by atoms with Crippen molar-refractivity contribution in [1.29, 1.82) is 0 Å². The van der Waals surface area contributed by atoms with E-state index in [1.807, 2.05) is 13.8 Å². The van der Waals surface area contributed by atoms with E-state index in [1.165, 1.54) is 0 Å². The van der Waals surface area contributed by atoms with Gasteiger partial charge in [0.05, 0.1) is 6.10 Å². The van der Waals surface area contributed by atoms with E-state index in [0.717, 1.165) is 0 Å². The molecule has 0 radical (unpaired) electrons. The number of aromatic nitrogens is 2. The zero-order valence-corrected chi connectivity index (χ0v) is 6.50. The van der Waals surface area contributed by atoms with E-state index in [0.29, 0.717) is 17.9 Å². The van der Waals surface area contributed by atoms with E-state index in [-0.39, 0.29) is 6.10 Å². The minimum absolute atomic E-state index is 0.0813. The highest BCUT2D eigenvalue weighted by atomic mass is 16.5. The third-order valence-electron chi connectivity index (χ3n) is 1.06. The van der Waals surface area contributed by atoms with Gasteiger partial charge in [0.2, 0.25) is 5.88 Å². The molecule has 0 aliphatic carbocycles. The number of hydrogen-bond acceptors (Lipinski definition) is 3. The topological polar surface area (TPSA) is 55.0 Å². The van der Waals surface area contributed by atoms with Crippen LogP contribution in [0.4, 0.5) is 0 Å². The van der Waals surface area contributed by atoms with E-state index in [4.69, 9.17) is 4.74 Å². The molecule has 0 saturated heterocycles. The van der Waals surface area contributed by atoms with Crippen LogP contribution in [0.25, 0.3) is 0 Å². The number of nitrogens with zero attached hydrogens (tertiary/aromatic N) is 1. The summed E-state index contributed by atoms with van der Waals surface area (Å²) < 4.78 is 5.20. The normalized spacial score (nSPS) is 10.1. The summed E-state index contributed by atoms with van der Waals surface area (Å²) in [4.78, 5) is 10.2. The summed E-state index contributed by atoms with van der Waals surface area (Å²) in [6, 6.07) is 1.56. The Hall–Kier alpha value is -1.32. The molecular weight excluding hydrogens is 144 g/mol. The first-order valence-electron chi connectivity index (χ1n) is 3.39. The lowest BCUT2D eigenvalue weighted by Gasteiger charge is -2.03. The zero-order valence-electron chi connectivity index (χ0n) is 6.50. The van der Waals surface area contributed by atoms with Crippen LogP contribution < -0.4 is 4.74 Å². The zero-order chi connectivity index (χ0) is 8.27. The number of rotatable bonds is 3. The maximum atomic E-state index is 10.2. The predicted octanol–water partition coefficient (Wildman–Crippen LogP) is 1.01. The molecule has 0 aliphatic heterocycles. The summed E-state index contributed by atoms with van der Waals surface area (Å²) in [5.41, 5.74) is 0.431. The second kappa shape index (κ2) is 3.18. The fourth-order valence-corrected chi connectivity index (χ4v) is 0.679. The second-order valence-corrected chi connectivity index (χ2v) is 2.45. The van der Waals surface area contributed by atoms with Crippen molar-refractivity contribution in [3.8, 4) is 5.88 Å². The fourth-order valence-electron chi connectivity index (χ4n) is 0.679. The summed E-state index contributed by atoms with van der Waals surface area (Å²) in [6.07, 6.45) is 0.776. The van der Waals surface area contributed by atoms with Gasteiger partial charge < -0.3 is 4.74 Å². The number of ether oxygens (including phenoxy) is 1. The van der Waals surface area contributed by atoms with E-state index in [1.54, 1.807) is 6.07 Å². The highest BCUT2D eigenvalue weighted by Crippen LogP contribution is 2.07. The molecule has 1 N–H and O–H groups in total. The van der Waals surface area contributed by atoms with Crippen LogP contribution in [0, 0.1) is 0 Å². The Kier molecular flexibility index (Phi) is 2.25. The molecule has 1 heterocycles. The standard InChI is InChI=1S/C7H10N2O2/c1-5(2)11-7-3-6(4-10)8-9-7/h3-5H,1-2H3,(H,8,9). The number of nitrogens with one attached hydrogen (secondary N) is 1. The predicted molar refractivity (Wildman–Crippen MR) is 39.7 cm³/mol. The van der Waals surface area contributed by atoms with Gasteiger partial charge in [0.1, 0.15) is 5.69 Å². The van der Waals surface area contributed by atoms with Gasteiger partial charge in [0, 0.05) is 6.07 Å². The second-order valence-electron chi connectivity index (χ2n) is 2.45. The van der Waals surface area contributed by atoms with Crippen LogP contribution in [0.1, 0.15) is 24.3 Å². The van der Waals surface area contributed by atoms with Crippen molar-refractivity contribution < 1.29 is 9.53 Å². The van der Waals surface area contributed by atoms with Crippen molar-refractivity contribution in [3.05, 3.63) is 11.8 Å². The highest BCUT2D eigenvalue weighted by molar-refractivity contribution is 5.71. The Morgan fingerprint density at radius 3 is 2.91 bits per heavy atom. The summed E-state index contributed by atoms with van der Waals surface area (Å²) in [5, 5.41) is 6.27. The molecule has 0 spiro atoms. The third kappa shape index (κ3) is 2.07. The maximum absolute atomic E-state index is 10.2. The summed E-state index contributed by atoms with van der Waals surface area (Å²) >= 11 is 0. The Labute approximate surface area is 64.6 Å². The van der Waals surface area contributed by atoms with Crippen molar-refractivity contribution in [3.63, 3.8) is 0 Å². The summed E-state index contributed by atoms with van der Waals surface area (Å²) in [7, 11) is 0. The molecule has 0 unspecified atom stereocenters. The third-order valence-corrected chi connectivity index (χ3v) is 1.06. The van der Waals surface area contributed by atoms with Crippen LogP contribution in [0.15, 0.2) is 6.07 Å². The van der Waals surface area contributed by atoms with Gasteiger partial charge in [0.25, 0.3) is 0 Å². The molecule has 0 amide bonds. The van der Waals surface area contributed by atoms with E-state index in [2.05, 4.69) is 10.2 Å². The number of carbonyl (C=O) groups excluding carboxylic acids is 1. The van der Waals surface area contributed by atoms with Crippen LogP contribution in [-0.4, -0.2) is 22.6 Å². The average molecular weight is 154 g/mol. The molecule has 1 aromatic rings. The maximum Gasteiger partial charge on any atom is 0.233 e. The Morgan fingerprint density at radius 1 is 1.73 bits per heavy atom. The number of aromatic amines is 1. The van der Waals surface area contributed by atoms with Gasteiger partial charge in [0.15, 0.2) is 6.29 Å². The van der Waals surface area contributed by atoms with Crippen LogP contribution in [0.5, 0.6) is 5.88 Å². The molecule has 0 fully saturated rings. The minimum atomic E-state index is 0.0813. The van der Waals surface area contributed by atoms with E-state index in [9.17, 15) is 4.79 Å². The van der Waals surface area contributed by atoms with Crippen LogP contribution in [0.3, 0.4) is 0 Å². The molecule has 4 nitrogen and oxygen atoms in total. The minimum Gasteiger partial charge on any atom is -0.474 e. The van der Waals surface area contributed by atoms with Gasteiger partial charge >= 0.3 is 0 Å². The monoisotopic (exact) mass is 154 g/mol. The van der Waals surface area contributed by atoms with Crippen molar-refractivity contribution in [2.75, 3.05) is 0 Å². The average Bonchev–Trinajstić information content (AvgIpc) is 2.34. The molecule has 0 aromatic carbocycles. The molecular formula is C7H10N2O2. The molecule has 4 heteroatoms. The summed E-state index contributed by atoms with van der Waals surface area (Å²) in [5.74, 6) is 0.460.